The smallest absolute Gasteiger partial charge is 0.321 e. The van der Waals surface area contributed by atoms with Crippen LogP contribution in [0.15, 0.2) is 22.7 Å². The highest BCUT2D eigenvalue weighted by Gasteiger charge is 2.13. The lowest BCUT2D eigenvalue weighted by Crippen LogP contribution is -2.36. The van der Waals surface area contributed by atoms with Crippen LogP contribution >= 0.6 is 15.9 Å². The molecule has 0 aromatic heterocycles. The van der Waals surface area contributed by atoms with E-state index in [1.54, 1.807) is 0 Å². The van der Waals surface area contributed by atoms with Crippen LogP contribution in [0.25, 0.3) is 0 Å². The predicted octanol–water partition coefficient (Wildman–Crippen LogP) is 3.09. The fourth-order valence-electron chi connectivity index (χ4n) is 1.60. The molecule has 1 aromatic carbocycles. The van der Waals surface area contributed by atoms with Gasteiger partial charge in [-0.2, -0.15) is 0 Å². The molecule has 0 saturated carbocycles. The number of rotatable bonds is 5. The summed E-state index contributed by atoms with van der Waals surface area (Å²) in [6.07, 6.45) is -0.0550. The van der Waals surface area contributed by atoms with Gasteiger partial charge in [0, 0.05) is 23.2 Å². The summed E-state index contributed by atoms with van der Waals surface area (Å²) in [5, 5.41) is 11.4. The number of anilines is 1. The SMILES string of the molecule is CCN(CCC(=O)O)C(=O)Nc1ccc(Br)cc1C. The van der Waals surface area contributed by atoms with E-state index in [0.29, 0.717) is 6.54 Å². The number of halogens is 1. The van der Waals surface area contributed by atoms with Crippen molar-refractivity contribution in [3.63, 3.8) is 0 Å². The predicted molar refractivity (Wildman–Crippen MR) is 77.4 cm³/mol. The van der Waals surface area contributed by atoms with Gasteiger partial charge in [-0.05, 0) is 37.6 Å². The second-order valence-electron chi connectivity index (χ2n) is 4.11. The molecule has 0 bridgehead atoms. The third-order valence-electron chi connectivity index (χ3n) is 2.69. The zero-order valence-corrected chi connectivity index (χ0v) is 12.5. The largest absolute Gasteiger partial charge is 0.481 e. The second-order valence-corrected chi connectivity index (χ2v) is 5.03. The maximum atomic E-state index is 12.0. The van der Waals surface area contributed by atoms with Gasteiger partial charge in [-0.1, -0.05) is 15.9 Å². The van der Waals surface area contributed by atoms with E-state index in [1.165, 1.54) is 4.90 Å². The van der Waals surface area contributed by atoms with Gasteiger partial charge in [-0.25, -0.2) is 4.79 Å². The lowest BCUT2D eigenvalue weighted by atomic mass is 10.2. The number of urea groups is 1. The minimum atomic E-state index is -0.911. The van der Waals surface area contributed by atoms with Crippen molar-refractivity contribution in [3.8, 4) is 0 Å². The maximum Gasteiger partial charge on any atom is 0.321 e. The molecule has 0 unspecified atom stereocenters. The van der Waals surface area contributed by atoms with Crippen LogP contribution in [0.4, 0.5) is 10.5 Å². The van der Waals surface area contributed by atoms with E-state index >= 15 is 0 Å². The average Bonchev–Trinajstić information content (AvgIpc) is 2.33. The first-order valence-electron chi connectivity index (χ1n) is 5.98. The summed E-state index contributed by atoms with van der Waals surface area (Å²) < 4.78 is 0.946. The highest BCUT2D eigenvalue weighted by Crippen LogP contribution is 2.20. The fraction of sp³-hybridized carbons (Fsp3) is 0.385. The van der Waals surface area contributed by atoms with E-state index < -0.39 is 5.97 Å². The third-order valence-corrected chi connectivity index (χ3v) is 3.19. The van der Waals surface area contributed by atoms with Crippen molar-refractivity contribution in [1.82, 2.24) is 4.90 Å². The number of carboxylic acid groups (broad SMARTS) is 1. The van der Waals surface area contributed by atoms with Crippen molar-refractivity contribution < 1.29 is 14.7 Å². The Hall–Kier alpha value is -1.56. The first kappa shape index (κ1) is 15.5. The van der Waals surface area contributed by atoms with Gasteiger partial charge >= 0.3 is 12.0 Å². The standard InChI is InChI=1S/C13H17BrN2O3/c1-3-16(7-6-12(17)18)13(19)15-11-5-4-10(14)8-9(11)2/h4-5,8H,3,6-7H2,1-2H3,(H,15,19)(H,17,18). The number of nitrogens with one attached hydrogen (secondary N) is 1. The molecule has 2 N–H and O–H groups in total. The Morgan fingerprint density at radius 3 is 2.63 bits per heavy atom. The van der Waals surface area contributed by atoms with Crippen molar-refractivity contribution in [2.75, 3.05) is 18.4 Å². The van der Waals surface area contributed by atoms with E-state index in [-0.39, 0.29) is 19.0 Å². The van der Waals surface area contributed by atoms with Crippen LogP contribution in [0.1, 0.15) is 18.9 Å². The van der Waals surface area contributed by atoms with Crippen molar-refractivity contribution >= 4 is 33.6 Å². The molecule has 2 amide bonds. The Morgan fingerprint density at radius 1 is 1.42 bits per heavy atom. The monoisotopic (exact) mass is 328 g/mol. The number of amides is 2. The van der Waals surface area contributed by atoms with Gasteiger partial charge in [0.05, 0.1) is 6.42 Å². The molecule has 0 spiro atoms. The summed E-state index contributed by atoms with van der Waals surface area (Å²) in [6, 6.07) is 5.27. The summed E-state index contributed by atoms with van der Waals surface area (Å²) in [4.78, 5) is 24.0. The molecule has 0 atom stereocenters. The van der Waals surface area contributed by atoms with E-state index in [9.17, 15) is 9.59 Å². The number of carboxylic acids is 1. The number of carbonyl (C=O) groups is 2. The van der Waals surface area contributed by atoms with Crippen LogP contribution in [0.5, 0.6) is 0 Å². The molecule has 6 heteroatoms. The molecule has 0 aliphatic carbocycles. The number of aryl methyl sites for hydroxylation is 1. The normalized spacial score (nSPS) is 10.1. The Bertz CT molecular complexity index is 477. The first-order valence-corrected chi connectivity index (χ1v) is 6.77. The topological polar surface area (TPSA) is 69.6 Å². The van der Waals surface area contributed by atoms with Gasteiger partial charge in [-0.3, -0.25) is 4.79 Å². The molecule has 0 aliphatic rings. The molecule has 0 saturated heterocycles. The number of hydrogen-bond donors (Lipinski definition) is 2. The highest BCUT2D eigenvalue weighted by atomic mass is 79.9. The minimum absolute atomic E-state index is 0.0550. The van der Waals surface area contributed by atoms with Gasteiger partial charge in [0.25, 0.3) is 0 Å². The van der Waals surface area contributed by atoms with Gasteiger partial charge in [-0.15, -0.1) is 0 Å². The van der Waals surface area contributed by atoms with E-state index in [2.05, 4.69) is 21.2 Å². The molecular weight excluding hydrogens is 312 g/mol. The van der Waals surface area contributed by atoms with Gasteiger partial charge in [0.1, 0.15) is 0 Å². The quantitative estimate of drug-likeness (QED) is 0.872. The van der Waals surface area contributed by atoms with Crippen LogP contribution < -0.4 is 5.32 Å². The fourth-order valence-corrected chi connectivity index (χ4v) is 2.07. The molecule has 5 nitrogen and oxygen atoms in total. The number of hydrogen-bond acceptors (Lipinski definition) is 2. The number of nitrogens with zero attached hydrogens (tertiary/aromatic N) is 1. The van der Waals surface area contributed by atoms with E-state index in [4.69, 9.17) is 5.11 Å². The highest BCUT2D eigenvalue weighted by molar-refractivity contribution is 9.10. The lowest BCUT2D eigenvalue weighted by Gasteiger charge is -2.21. The van der Waals surface area contributed by atoms with Gasteiger partial charge in [0.15, 0.2) is 0 Å². The van der Waals surface area contributed by atoms with Crippen LogP contribution in [0.3, 0.4) is 0 Å². The molecule has 0 heterocycles. The molecule has 1 rings (SSSR count). The van der Waals surface area contributed by atoms with Crippen LogP contribution in [-0.4, -0.2) is 35.1 Å². The van der Waals surface area contributed by atoms with Crippen molar-refractivity contribution in [1.29, 1.82) is 0 Å². The molecule has 0 aliphatic heterocycles. The summed E-state index contributed by atoms with van der Waals surface area (Å²) in [5.41, 5.74) is 1.67. The Morgan fingerprint density at radius 2 is 2.11 bits per heavy atom. The van der Waals surface area contributed by atoms with Gasteiger partial charge < -0.3 is 15.3 Å². The molecule has 0 radical (unpaired) electrons. The van der Waals surface area contributed by atoms with E-state index in [0.717, 1.165) is 15.7 Å². The number of benzene rings is 1. The van der Waals surface area contributed by atoms with Gasteiger partial charge in [0.2, 0.25) is 0 Å². The zero-order chi connectivity index (χ0) is 14.4. The summed E-state index contributed by atoms with van der Waals surface area (Å²) in [7, 11) is 0. The molecule has 19 heavy (non-hydrogen) atoms. The van der Waals surface area contributed by atoms with Crippen molar-refractivity contribution in [2.24, 2.45) is 0 Å². The Kier molecular flexibility index (Phi) is 5.82. The zero-order valence-electron chi connectivity index (χ0n) is 10.9. The molecule has 1 aromatic rings. The van der Waals surface area contributed by atoms with Crippen LogP contribution in [0.2, 0.25) is 0 Å². The summed E-state index contributed by atoms with van der Waals surface area (Å²) in [5.74, 6) is -0.911. The number of carbonyl (C=O) groups excluding carboxylic acids is 1. The third kappa shape index (κ3) is 4.90. The van der Waals surface area contributed by atoms with Crippen LogP contribution in [-0.2, 0) is 4.79 Å². The lowest BCUT2D eigenvalue weighted by molar-refractivity contribution is -0.137. The summed E-state index contributed by atoms with van der Waals surface area (Å²) >= 11 is 3.36. The second kappa shape index (κ2) is 7.13. The number of aliphatic carboxylic acids is 1. The van der Waals surface area contributed by atoms with Crippen molar-refractivity contribution in [2.45, 2.75) is 20.3 Å². The molecule has 104 valence electrons. The Labute approximate surface area is 120 Å². The van der Waals surface area contributed by atoms with Crippen LogP contribution in [0, 0.1) is 6.92 Å². The Balaban J connectivity index is 2.68. The molecular formula is C13H17BrN2O3. The summed E-state index contributed by atoms with van der Waals surface area (Å²) in [6.45, 7) is 4.38. The first-order chi connectivity index (χ1) is 8.93. The van der Waals surface area contributed by atoms with E-state index in [1.807, 2.05) is 32.0 Å². The minimum Gasteiger partial charge on any atom is -0.481 e. The molecule has 0 fully saturated rings. The average molecular weight is 329 g/mol. The maximum absolute atomic E-state index is 12.0. The van der Waals surface area contributed by atoms with Crippen molar-refractivity contribution in [3.05, 3.63) is 28.2 Å².